The number of aromatic nitrogens is 4. The zero-order valence-corrected chi connectivity index (χ0v) is 16.3. The van der Waals surface area contributed by atoms with E-state index in [0.29, 0.717) is 13.1 Å². The van der Waals surface area contributed by atoms with Crippen molar-refractivity contribution in [2.75, 3.05) is 26.2 Å². The second kappa shape index (κ2) is 6.89. The second-order valence-corrected chi connectivity index (χ2v) is 8.75. The average molecular weight is 431 g/mol. The van der Waals surface area contributed by atoms with Crippen LogP contribution < -0.4 is 0 Å². The molecule has 1 saturated heterocycles. The quantitative estimate of drug-likeness (QED) is 0.702. The molecule has 1 aliphatic rings. The van der Waals surface area contributed by atoms with Gasteiger partial charge in [-0.3, -0.25) is 14.2 Å². The SMILES string of the molecule is CC(C(=O)N1CCN(S(=O)(=O)c2cnn(C)c2)CC1)n1cc(Br)cn1. The van der Waals surface area contributed by atoms with Crippen molar-refractivity contribution in [1.82, 2.24) is 28.8 Å². The lowest BCUT2D eigenvalue weighted by Crippen LogP contribution is -2.51. The van der Waals surface area contributed by atoms with Gasteiger partial charge in [-0.25, -0.2) is 8.42 Å². The Morgan fingerprint density at radius 2 is 1.84 bits per heavy atom. The van der Waals surface area contributed by atoms with E-state index < -0.39 is 16.1 Å². The summed E-state index contributed by atoms with van der Waals surface area (Å²) in [6.45, 7) is 3.01. The van der Waals surface area contributed by atoms with Gasteiger partial charge in [0, 0.05) is 45.6 Å². The Morgan fingerprint density at radius 1 is 1.16 bits per heavy atom. The lowest BCUT2D eigenvalue weighted by atomic mass is 10.2. The fourth-order valence-corrected chi connectivity index (χ4v) is 4.44. The van der Waals surface area contributed by atoms with Crippen molar-refractivity contribution in [2.24, 2.45) is 7.05 Å². The first-order chi connectivity index (χ1) is 11.8. The standard InChI is InChI=1S/C14H19BrN6O3S/c1-11(21-9-12(15)7-17-21)14(22)19-3-5-20(6-4-19)25(23,24)13-8-16-18(2)10-13/h7-11H,3-6H2,1-2H3. The topological polar surface area (TPSA) is 93.3 Å². The van der Waals surface area contributed by atoms with Gasteiger partial charge in [0.1, 0.15) is 10.9 Å². The Hall–Kier alpha value is -1.72. The molecule has 1 atom stereocenters. The van der Waals surface area contributed by atoms with Crippen molar-refractivity contribution in [1.29, 1.82) is 0 Å². The van der Waals surface area contributed by atoms with Gasteiger partial charge in [0.15, 0.2) is 0 Å². The van der Waals surface area contributed by atoms with Crippen molar-refractivity contribution >= 4 is 31.9 Å². The van der Waals surface area contributed by atoms with Crippen LogP contribution in [0.3, 0.4) is 0 Å². The molecule has 11 heteroatoms. The predicted octanol–water partition coefficient (Wildman–Crippen LogP) is 0.473. The summed E-state index contributed by atoms with van der Waals surface area (Å²) in [6, 6.07) is -0.437. The number of carbonyl (C=O) groups is 1. The Morgan fingerprint density at radius 3 is 2.36 bits per heavy atom. The van der Waals surface area contributed by atoms with E-state index >= 15 is 0 Å². The number of rotatable bonds is 4. The minimum absolute atomic E-state index is 0.0750. The number of halogens is 1. The van der Waals surface area contributed by atoms with Gasteiger partial charge in [0.25, 0.3) is 0 Å². The highest BCUT2D eigenvalue weighted by Gasteiger charge is 2.32. The number of piperazine rings is 1. The Labute approximate surface area is 154 Å². The lowest BCUT2D eigenvalue weighted by Gasteiger charge is -2.35. The van der Waals surface area contributed by atoms with E-state index in [1.165, 1.54) is 21.4 Å². The van der Waals surface area contributed by atoms with Crippen molar-refractivity contribution < 1.29 is 13.2 Å². The van der Waals surface area contributed by atoms with E-state index in [0.717, 1.165) is 4.47 Å². The zero-order chi connectivity index (χ0) is 18.2. The molecule has 1 fully saturated rings. The molecule has 0 bridgehead atoms. The minimum atomic E-state index is -3.57. The fourth-order valence-electron chi connectivity index (χ4n) is 2.73. The molecular formula is C14H19BrN6O3S. The highest BCUT2D eigenvalue weighted by molar-refractivity contribution is 9.10. The summed E-state index contributed by atoms with van der Waals surface area (Å²) in [5.74, 6) is -0.0750. The smallest absolute Gasteiger partial charge is 0.247 e. The van der Waals surface area contributed by atoms with Crippen LogP contribution in [0, 0.1) is 0 Å². The van der Waals surface area contributed by atoms with Crippen LogP contribution in [-0.2, 0) is 21.9 Å². The predicted molar refractivity (Wildman–Crippen MR) is 93.2 cm³/mol. The van der Waals surface area contributed by atoms with Crippen LogP contribution in [0.5, 0.6) is 0 Å². The number of aryl methyl sites for hydroxylation is 1. The highest BCUT2D eigenvalue weighted by atomic mass is 79.9. The van der Waals surface area contributed by atoms with Crippen LogP contribution in [-0.4, -0.2) is 69.3 Å². The Bertz CT molecular complexity index is 869. The molecule has 0 saturated carbocycles. The second-order valence-electron chi connectivity index (χ2n) is 5.89. The third kappa shape index (κ3) is 3.62. The largest absolute Gasteiger partial charge is 0.338 e. The van der Waals surface area contributed by atoms with Crippen LogP contribution in [0.15, 0.2) is 34.2 Å². The van der Waals surface area contributed by atoms with Crippen molar-refractivity contribution in [3.63, 3.8) is 0 Å². The summed E-state index contributed by atoms with van der Waals surface area (Å²) >= 11 is 3.31. The summed E-state index contributed by atoms with van der Waals surface area (Å²) < 4.78 is 30.4. The molecule has 3 rings (SSSR count). The van der Waals surface area contributed by atoms with E-state index in [2.05, 4.69) is 26.1 Å². The third-order valence-corrected chi connectivity index (χ3v) is 6.45. The summed E-state index contributed by atoms with van der Waals surface area (Å²) in [5, 5.41) is 8.05. The first-order valence-corrected chi connectivity index (χ1v) is 9.99. The van der Waals surface area contributed by atoms with E-state index in [4.69, 9.17) is 0 Å². The maximum Gasteiger partial charge on any atom is 0.247 e. The van der Waals surface area contributed by atoms with Gasteiger partial charge in [-0.2, -0.15) is 14.5 Å². The summed E-state index contributed by atoms with van der Waals surface area (Å²) in [7, 11) is -1.90. The first-order valence-electron chi connectivity index (χ1n) is 7.76. The van der Waals surface area contributed by atoms with Gasteiger partial charge in [-0.15, -0.1) is 0 Å². The maximum atomic E-state index is 12.6. The molecular weight excluding hydrogens is 412 g/mol. The van der Waals surface area contributed by atoms with Gasteiger partial charge < -0.3 is 4.90 Å². The number of carbonyl (C=O) groups excluding carboxylic acids is 1. The lowest BCUT2D eigenvalue weighted by molar-refractivity contribution is -0.135. The number of hydrogen-bond donors (Lipinski definition) is 0. The number of nitrogens with zero attached hydrogens (tertiary/aromatic N) is 6. The van der Waals surface area contributed by atoms with E-state index in [1.54, 1.807) is 35.9 Å². The summed E-state index contributed by atoms with van der Waals surface area (Å²) in [5.41, 5.74) is 0. The van der Waals surface area contributed by atoms with Crippen molar-refractivity contribution in [3.8, 4) is 0 Å². The van der Waals surface area contributed by atoms with Gasteiger partial charge >= 0.3 is 0 Å². The van der Waals surface area contributed by atoms with Gasteiger partial charge in [0.2, 0.25) is 15.9 Å². The maximum absolute atomic E-state index is 12.6. The molecule has 2 aromatic heterocycles. The molecule has 0 N–H and O–H groups in total. The average Bonchev–Trinajstić information content (AvgIpc) is 3.22. The van der Waals surface area contributed by atoms with E-state index in [-0.39, 0.29) is 23.9 Å². The van der Waals surface area contributed by atoms with E-state index in [9.17, 15) is 13.2 Å². The number of amides is 1. The van der Waals surface area contributed by atoms with Gasteiger partial charge in [0.05, 0.1) is 16.9 Å². The Kier molecular flexibility index (Phi) is 4.98. The molecule has 136 valence electrons. The minimum Gasteiger partial charge on any atom is -0.338 e. The molecule has 0 spiro atoms. The molecule has 1 aliphatic heterocycles. The molecule has 1 amide bonds. The van der Waals surface area contributed by atoms with Gasteiger partial charge in [-0.1, -0.05) is 0 Å². The van der Waals surface area contributed by atoms with Crippen LogP contribution in [0.25, 0.3) is 0 Å². The normalized spacial score (nSPS) is 17.6. The number of hydrogen-bond acceptors (Lipinski definition) is 5. The molecule has 0 aromatic carbocycles. The molecule has 2 aromatic rings. The van der Waals surface area contributed by atoms with Crippen LogP contribution in [0.1, 0.15) is 13.0 Å². The van der Waals surface area contributed by atoms with Crippen LogP contribution >= 0.6 is 15.9 Å². The monoisotopic (exact) mass is 430 g/mol. The molecule has 0 radical (unpaired) electrons. The fraction of sp³-hybridized carbons (Fsp3) is 0.500. The summed E-state index contributed by atoms with van der Waals surface area (Å²) in [6.07, 6.45) is 6.18. The molecule has 0 aliphatic carbocycles. The van der Waals surface area contributed by atoms with Crippen LogP contribution in [0.4, 0.5) is 0 Å². The molecule has 25 heavy (non-hydrogen) atoms. The molecule has 1 unspecified atom stereocenters. The number of sulfonamides is 1. The van der Waals surface area contributed by atoms with Crippen molar-refractivity contribution in [2.45, 2.75) is 17.9 Å². The van der Waals surface area contributed by atoms with Crippen molar-refractivity contribution in [3.05, 3.63) is 29.3 Å². The summed E-state index contributed by atoms with van der Waals surface area (Å²) in [4.78, 5) is 14.5. The zero-order valence-electron chi connectivity index (χ0n) is 13.9. The first kappa shape index (κ1) is 18.1. The third-order valence-electron chi connectivity index (χ3n) is 4.19. The highest BCUT2D eigenvalue weighted by Crippen LogP contribution is 2.19. The Balaban J connectivity index is 1.64. The molecule has 9 nitrogen and oxygen atoms in total. The van der Waals surface area contributed by atoms with Crippen LogP contribution in [0.2, 0.25) is 0 Å². The van der Waals surface area contributed by atoms with E-state index in [1.807, 2.05) is 0 Å². The molecule has 3 heterocycles. The van der Waals surface area contributed by atoms with Gasteiger partial charge in [-0.05, 0) is 22.9 Å².